The van der Waals surface area contributed by atoms with Crippen LogP contribution in [-0.2, 0) is 6.42 Å². The van der Waals surface area contributed by atoms with Gasteiger partial charge >= 0.3 is 0 Å². The van der Waals surface area contributed by atoms with Crippen molar-refractivity contribution < 1.29 is 0 Å². The highest BCUT2D eigenvalue weighted by atomic mass is 15.1. The van der Waals surface area contributed by atoms with Gasteiger partial charge < -0.3 is 10.6 Å². The Kier molecular flexibility index (Phi) is 5.73. The summed E-state index contributed by atoms with van der Waals surface area (Å²) in [6.07, 6.45) is 5.94. The lowest BCUT2D eigenvalue weighted by Crippen LogP contribution is -2.19. The van der Waals surface area contributed by atoms with Gasteiger partial charge in [0.25, 0.3) is 0 Å². The molecule has 1 heterocycles. The fraction of sp³-hybridized carbons (Fsp3) is 0.692. The molecule has 0 unspecified atom stereocenters. The molecular weight excluding hydrogens is 212 g/mol. The lowest BCUT2D eigenvalue weighted by Gasteiger charge is -2.19. The molecule has 0 amide bonds. The largest absolute Gasteiger partial charge is 0.373 e. The van der Waals surface area contributed by atoms with Crippen molar-refractivity contribution in [2.45, 2.75) is 52.5 Å². The molecule has 0 atom stereocenters. The van der Waals surface area contributed by atoms with Gasteiger partial charge in [0.2, 0.25) is 0 Å². The van der Waals surface area contributed by atoms with Crippen LogP contribution in [0, 0.1) is 0 Å². The summed E-state index contributed by atoms with van der Waals surface area (Å²) in [6, 6.07) is 0.491. The van der Waals surface area contributed by atoms with E-state index in [9.17, 15) is 0 Å². The zero-order chi connectivity index (χ0) is 12.7. The zero-order valence-electron chi connectivity index (χ0n) is 11.4. The first kappa shape index (κ1) is 13.7. The summed E-state index contributed by atoms with van der Waals surface area (Å²) in [6.45, 7) is 6.56. The van der Waals surface area contributed by atoms with Crippen LogP contribution in [0.2, 0.25) is 0 Å². The smallest absolute Gasteiger partial charge is 0.134 e. The Bertz CT molecular complexity index is 334. The monoisotopic (exact) mass is 236 g/mol. The van der Waals surface area contributed by atoms with Gasteiger partial charge in [-0.05, 0) is 19.3 Å². The summed E-state index contributed by atoms with van der Waals surface area (Å²) < 4.78 is 0. The summed E-state index contributed by atoms with van der Waals surface area (Å²) in [4.78, 5) is 8.65. The summed E-state index contributed by atoms with van der Waals surface area (Å²) in [5, 5.41) is 6.65. The van der Waals surface area contributed by atoms with E-state index in [0.717, 1.165) is 37.3 Å². The van der Waals surface area contributed by atoms with Crippen molar-refractivity contribution in [1.29, 1.82) is 0 Å². The molecule has 0 aliphatic heterocycles. The van der Waals surface area contributed by atoms with Crippen LogP contribution in [0.3, 0.4) is 0 Å². The van der Waals surface area contributed by atoms with Gasteiger partial charge in [0, 0.05) is 18.7 Å². The van der Waals surface area contributed by atoms with E-state index >= 15 is 0 Å². The number of anilines is 2. The lowest BCUT2D eigenvalue weighted by molar-refractivity contribution is 0.666. The van der Waals surface area contributed by atoms with Crippen LogP contribution in [0.4, 0.5) is 11.6 Å². The fourth-order valence-corrected chi connectivity index (χ4v) is 1.93. The molecule has 96 valence electrons. The molecule has 0 saturated heterocycles. The van der Waals surface area contributed by atoms with E-state index in [4.69, 9.17) is 0 Å². The average Bonchev–Trinajstić information content (AvgIpc) is 2.37. The molecule has 0 spiro atoms. The molecule has 0 aliphatic rings. The topological polar surface area (TPSA) is 49.8 Å². The minimum Gasteiger partial charge on any atom is -0.373 e. The van der Waals surface area contributed by atoms with E-state index < -0.39 is 0 Å². The third-order valence-electron chi connectivity index (χ3n) is 3.01. The number of rotatable bonds is 7. The van der Waals surface area contributed by atoms with Gasteiger partial charge in [-0.2, -0.15) is 0 Å². The van der Waals surface area contributed by atoms with Crippen LogP contribution in [0.25, 0.3) is 0 Å². The first-order valence-electron chi connectivity index (χ1n) is 6.54. The van der Waals surface area contributed by atoms with E-state index in [-0.39, 0.29) is 0 Å². The minimum absolute atomic E-state index is 0.491. The highest BCUT2D eigenvalue weighted by Gasteiger charge is 2.12. The van der Waals surface area contributed by atoms with Gasteiger partial charge in [-0.1, -0.05) is 27.2 Å². The molecule has 1 aromatic rings. The van der Waals surface area contributed by atoms with Crippen LogP contribution in [0.5, 0.6) is 0 Å². The van der Waals surface area contributed by atoms with Crippen molar-refractivity contribution in [2.24, 2.45) is 0 Å². The van der Waals surface area contributed by atoms with Gasteiger partial charge in [0.1, 0.15) is 18.0 Å². The second-order valence-electron chi connectivity index (χ2n) is 4.21. The van der Waals surface area contributed by atoms with Crippen molar-refractivity contribution in [1.82, 2.24) is 9.97 Å². The SMILES string of the molecule is CCCc1c(NC)ncnc1NC(CC)CC. The fourth-order valence-electron chi connectivity index (χ4n) is 1.93. The van der Waals surface area contributed by atoms with Crippen molar-refractivity contribution >= 4 is 11.6 Å². The number of nitrogens with one attached hydrogen (secondary N) is 2. The molecule has 2 N–H and O–H groups in total. The average molecular weight is 236 g/mol. The van der Waals surface area contributed by atoms with E-state index in [1.54, 1.807) is 6.33 Å². The molecule has 0 fully saturated rings. The quantitative estimate of drug-likeness (QED) is 0.764. The lowest BCUT2D eigenvalue weighted by atomic mass is 10.1. The van der Waals surface area contributed by atoms with Gasteiger partial charge in [-0.15, -0.1) is 0 Å². The molecule has 0 radical (unpaired) electrons. The van der Waals surface area contributed by atoms with Crippen molar-refractivity contribution in [3.05, 3.63) is 11.9 Å². The van der Waals surface area contributed by atoms with Crippen LogP contribution < -0.4 is 10.6 Å². The highest BCUT2D eigenvalue weighted by molar-refractivity contribution is 5.57. The van der Waals surface area contributed by atoms with Crippen molar-refractivity contribution in [3.63, 3.8) is 0 Å². The first-order valence-corrected chi connectivity index (χ1v) is 6.54. The highest BCUT2D eigenvalue weighted by Crippen LogP contribution is 2.22. The summed E-state index contributed by atoms with van der Waals surface area (Å²) in [5.41, 5.74) is 1.20. The van der Waals surface area contributed by atoms with Gasteiger partial charge in [-0.3, -0.25) is 0 Å². The molecule has 1 rings (SSSR count). The van der Waals surface area contributed by atoms with Crippen molar-refractivity contribution in [3.8, 4) is 0 Å². The van der Waals surface area contributed by atoms with Gasteiger partial charge in [0.05, 0.1) is 0 Å². The predicted octanol–water partition coefficient (Wildman–Crippen LogP) is 3.07. The Labute approximate surface area is 104 Å². The van der Waals surface area contributed by atoms with Crippen LogP contribution in [0.15, 0.2) is 6.33 Å². The molecule has 17 heavy (non-hydrogen) atoms. The van der Waals surface area contributed by atoms with Gasteiger partial charge in [-0.25, -0.2) is 9.97 Å². The van der Waals surface area contributed by atoms with Gasteiger partial charge in [0.15, 0.2) is 0 Å². The summed E-state index contributed by atoms with van der Waals surface area (Å²) >= 11 is 0. The number of hydrogen-bond acceptors (Lipinski definition) is 4. The van der Waals surface area contributed by atoms with Crippen LogP contribution in [-0.4, -0.2) is 23.1 Å². The van der Waals surface area contributed by atoms with E-state index in [0.29, 0.717) is 6.04 Å². The molecule has 1 aromatic heterocycles. The molecule has 0 bridgehead atoms. The van der Waals surface area contributed by atoms with Crippen LogP contribution >= 0.6 is 0 Å². The normalized spacial score (nSPS) is 10.6. The summed E-state index contributed by atoms with van der Waals surface area (Å²) in [5.74, 6) is 1.93. The Hall–Kier alpha value is -1.32. The molecular formula is C13H24N4. The Morgan fingerprint density at radius 1 is 1.12 bits per heavy atom. The Morgan fingerprint density at radius 3 is 2.29 bits per heavy atom. The third-order valence-corrected chi connectivity index (χ3v) is 3.01. The maximum atomic E-state index is 4.38. The predicted molar refractivity (Wildman–Crippen MR) is 73.6 cm³/mol. The third kappa shape index (κ3) is 3.58. The molecule has 4 heteroatoms. The minimum atomic E-state index is 0.491. The maximum Gasteiger partial charge on any atom is 0.134 e. The molecule has 0 aliphatic carbocycles. The zero-order valence-corrected chi connectivity index (χ0v) is 11.4. The van der Waals surface area contributed by atoms with E-state index in [2.05, 4.69) is 41.4 Å². The number of hydrogen-bond donors (Lipinski definition) is 2. The summed E-state index contributed by atoms with van der Waals surface area (Å²) in [7, 11) is 1.91. The van der Waals surface area contributed by atoms with E-state index in [1.807, 2.05) is 7.05 Å². The Balaban J connectivity index is 2.96. The molecule has 0 saturated carbocycles. The van der Waals surface area contributed by atoms with Crippen LogP contribution in [0.1, 0.15) is 45.6 Å². The van der Waals surface area contributed by atoms with Crippen molar-refractivity contribution in [2.75, 3.05) is 17.7 Å². The number of aromatic nitrogens is 2. The standard InChI is InChI=1S/C13H24N4/c1-5-8-11-12(14-4)15-9-16-13(11)17-10(6-2)7-3/h9-10H,5-8H2,1-4H3,(H2,14,15,16,17). The molecule has 4 nitrogen and oxygen atoms in total. The second kappa shape index (κ2) is 7.09. The maximum absolute atomic E-state index is 4.38. The van der Waals surface area contributed by atoms with E-state index in [1.165, 1.54) is 5.56 Å². The molecule has 0 aromatic carbocycles. The number of nitrogens with zero attached hydrogens (tertiary/aromatic N) is 2. The Morgan fingerprint density at radius 2 is 1.76 bits per heavy atom. The first-order chi connectivity index (χ1) is 8.26. The second-order valence-corrected chi connectivity index (χ2v) is 4.21.